The molecule has 1 aliphatic rings. The van der Waals surface area contributed by atoms with Crippen LogP contribution in [0.3, 0.4) is 0 Å². The first-order valence-corrected chi connectivity index (χ1v) is 11.4. The van der Waals surface area contributed by atoms with E-state index in [4.69, 9.17) is 21.6 Å². The molecule has 0 radical (unpaired) electrons. The number of aryl methyl sites for hydroxylation is 1. The minimum absolute atomic E-state index is 0.0374. The number of unbranched alkanes of at least 4 members (excludes halogenated alkanes) is 1. The molecule has 0 spiro atoms. The second kappa shape index (κ2) is 13.6. The Bertz CT molecular complexity index is 902. The second-order valence-electron chi connectivity index (χ2n) is 8.23. The molecule has 0 aromatic carbocycles. The molecule has 0 bridgehead atoms. The Balaban J connectivity index is 2.05. The van der Waals surface area contributed by atoms with Gasteiger partial charge in [0.25, 0.3) is 0 Å². The lowest BCUT2D eigenvalue weighted by Gasteiger charge is -2.24. The second-order valence-corrected chi connectivity index (χ2v) is 8.23. The number of halogens is 3. The van der Waals surface area contributed by atoms with Crippen LogP contribution in [0.15, 0.2) is 47.6 Å². The summed E-state index contributed by atoms with van der Waals surface area (Å²) in [6, 6.07) is 1.73. The van der Waals surface area contributed by atoms with Gasteiger partial charge in [0.05, 0.1) is 5.71 Å². The van der Waals surface area contributed by atoms with E-state index in [1.165, 1.54) is 24.4 Å². The van der Waals surface area contributed by atoms with Gasteiger partial charge in [0, 0.05) is 43.2 Å². The summed E-state index contributed by atoms with van der Waals surface area (Å²) in [6.07, 6.45) is 7.56. The van der Waals surface area contributed by atoms with Gasteiger partial charge in [-0.1, -0.05) is 5.57 Å². The molecule has 1 heterocycles. The smallest absolute Gasteiger partial charge is 0.422 e. The molecule has 1 saturated carbocycles. The SMILES string of the molecule is Cc1cc(CN/C=C(/CC(NCCCCN)=C2CCC2)C(=N)/C=C\N)cnc1OCC(F)(F)F. The van der Waals surface area contributed by atoms with E-state index in [9.17, 15) is 13.2 Å². The highest BCUT2D eigenvalue weighted by atomic mass is 19.4. The number of allylic oxidation sites excluding steroid dienone is 3. The fourth-order valence-corrected chi connectivity index (χ4v) is 3.40. The zero-order chi connectivity index (χ0) is 25.0. The predicted molar refractivity (Wildman–Crippen MR) is 128 cm³/mol. The van der Waals surface area contributed by atoms with Crippen molar-refractivity contribution in [3.63, 3.8) is 0 Å². The number of aromatic nitrogens is 1. The van der Waals surface area contributed by atoms with Crippen LogP contribution in [0.1, 0.15) is 49.7 Å². The number of alkyl halides is 3. The third kappa shape index (κ3) is 9.46. The van der Waals surface area contributed by atoms with Crippen LogP contribution in [0, 0.1) is 12.3 Å². The van der Waals surface area contributed by atoms with Gasteiger partial charge in [-0.25, -0.2) is 4.98 Å². The van der Waals surface area contributed by atoms with Crippen LogP contribution in [0.5, 0.6) is 5.88 Å². The van der Waals surface area contributed by atoms with E-state index in [2.05, 4.69) is 15.6 Å². The molecule has 0 aliphatic heterocycles. The number of rotatable bonds is 14. The number of pyridine rings is 1. The topological polar surface area (TPSA) is 122 Å². The molecule has 1 aliphatic carbocycles. The van der Waals surface area contributed by atoms with Crippen LogP contribution in [-0.2, 0) is 6.54 Å². The lowest BCUT2D eigenvalue weighted by Crippen LogP contribution is -2.22. The van der Waals surface area contributed by atoms with E-state index in [-0.39, 0.29) is 5.88 Å². The predicted octanol–water partition coefficient (Wildman–Crippen LogP) is 3.95. The van der Waals surface area contributed by atoms with Crippen molar-refractivity contribution in [2.75, 3.05) is 19.7 Å². The van der Waals surface area contributed by atoms with E-state index in [1.54, 1.807) is 25.3 Å². The van der Waals surface area contributed by atoms with Crippen molar-refractivity contribution in [3.8, 4) is 5.88 Å². The van der Waals surface area contributed by atoms with Crippen molar-refractivity contribution in [1.82, 2.24) is 15.6 Å². The van der Waals surface area contributed by atoms with Gasteiger partial charge < -0.3 is 32.2 Å². The Hall–Kier alpha value is -3.01. The molecule has 1 aromatic heterocycles. The summed E-state index contributed by atoms with van der Waals surface area (Å²) in [5, 5.41) is 15.1. The van der Waals surface area contributed by atoms with Crippen molar-refractivity contribution in [3.05, 3.63) is 58.7 Å². The number of hydrogen-bond donors (Lipinski definition) is 5. The normalized spacial score (nSPS) is 14.1. The molecule has 0 amide bonds. The Morgan fingerprint density at radius 3 is 2.65 bits per heavy atom. The summed E-state index contributed by atoms with van der Waals surface area (Å²) in [5.74, 6) is -0.0374. The monoisotopic (exact) mass is 480 g/mol. The number of hydrogen-bond acceptors (Lipinski definition) is 7. The summed E-state index contributed by atoms with van der Waals surface area (Å²) < 4.78 is 41.9. The first-order chi connectivity index (χ1) is 16.2. The fraction of sp³-hybridized carbons (Fsp3) is 0.500. The number of nitrogens with one attached hydrogen (secondary N) is 3. The van der Waals surface area contributed by atoms with Crippen LogP contribution in [-0.4, -0.2) is 36.6 Å². The minimum atomic E-state index is -4.41. The van der Waals surface area contributed by atoms with Crippen LogP contribution in [0.25, 0.3) is 0 Å². The average molecular weight is 481 g/mol. The molecule has 0 saturated heterocycles. The zero-order valence-electron chi connectivity index (χ0n) is 19.6. The van der Waals surface area contributed by atoms with Gasteiger partial charge in [0.2, 0.25) is 5.88 Å². The summed E-state index contributed by atoms with van der Waals surface area (Å²) in [4.78, 5) is 4.00. The van der Waals surface area contributed by atoms with E-state index >= 15 is 0 Å². The maximum atomic E-state index is 12.4. The Labute approximate surface area is 199 Å². The average Bonchev–Trinajstić information content (AvgIpc) is 2.73. The number of nitrogens with two attached hydrogens (primary N) is 2. The summed E-state index contributed by atoms with van der Waals surface area (Å²) in [7, 11) is 0. The van der Waals surface area contributed by atoms with Gasteiger partial charge >= 0.3 is 6.18 Å². The van der Waals surface area contributed by atoms with Gasteiger partial charge in [-0.2, -0.15) is 13.2 Å². The van der Waals surface area contributed by atoms with Crippen molar-refractivity contribution >= 4 is 5.71 Å². The van der Waals surface area contributed by atoms with Crippen molar-refractivity contribution in [2.24, 2.45) is 11.5 Å². The van der Waals surface area contributed by atoms with E-state index in [0.717, 1.165) is 49.1 Å². The highest BCUT2D eigenvalue weighted by Crippen LogP contribution is 2.30. The van der Waals surface area contributed by atoms with Crippen LogP contribution in [0.4, 0.5) is 13.2 Å². The molecule has 0 atom stereocenters. The molecule has 7 N–H and O–H groups in total. The van der Waals surface area contributed by atoms with Crippen molar-refractivity contribution in [2.45, 2.75) is 58.2 Å². The molecule has 1 fully saturated rings. The molecular formula is C24H35F3N6O. The number of nitrogens with zero attached hydrogens (tertiary/aromatic N) is 1. The molecule has 7 nitrogen and oxygen atoms in total. The molecular weight excluding hydrogens is 445 g/mol. The number of ether oxygens (including phenoxy) is 1. The van der Waals surface area contributed by atoms with Gasteiger partial charge in [-0.05, 0) is 75.1 Å². The van der Waals surface area contributed by atoms with Crippen LogP contribution < -0.4 is 26.8 Å². The molecule has 1 aromatic rings. The van der Waals surface area contributed by atoms with Crippen molar-refractivity contribution < 1.29 is 17.9 Å². The molecule has 2 rings (SSSR count). The maximum Gasteiger partial charge on any atom is 0.422 e. The third-order valence-electron chi connectivity index (χ3n) is 5.37. The van der Waals surface area contributed by atoms with Crippen molar-refractivity contribution in [1.29, 1.82) is 5.41 Å². The largest absolute Gasteiger partial charge is 0.468 e. The van der Waals surface area contributed by atoms with Gasteiger partial charge in [-0.3, -0.25) is 0 Å². The highest BCUT2D eigenvalue weighted by Gasteiger charge is 2.29. The van der Waals surface area contributed by atoms with Gasteiger partial charge in [-0.15, -0.1) is 0 Å². The first kappa shape index (κ1) is 27.2. The van der Waals surface area contributed by atoms with Gasteiger partial charge in [0.1, 0.15) is 0 Å². The minimum Gasteiger partial charge on any atom is -0.468 e. The lowest BCUT2D eigenvalue weighted by atomic mass is 9.88. The molecule has 188 valence electrons. The Morgan fingerprint density at radius 1 is 1.29 bits per heavy atom. The summed E-state index contributed by atoms with van der Waals surface area (Å²) >= 11 is 0. The van der Waals surface area contributed by atoms with Crippen LogP contribution in [0.2, 0.25) is 0 Å². The van der Waals surface area contributed by atoms with E-state index in [1.807, 2.05) is 0 Å². The summed E-state index contributed by atoms with van der Waals surface area (Å²) in [5.41, 5.74) is 16.0. The molecule has 34 heavy (non-hydrogen) atoms. The fourth-order valence-electron chi connectivity index (χ4n) is 3.40. The standard InChI is InChI=1S/C24H35F3N6O/c1-17-11-18(14-33-23(17)34-16-24(25,26)27)13-31-15-20(21(30)7-9-29)12-22(19-5-4-6-19)32-10-3-2-8-28/h7,9,11,14-15,30-32H,2-6,8,10,12-13,16,28-29H2,1H3/b9-7-,20-15-,30-21?. The van der Waals surface area contributed by atoms with E-state index in [0.29, 0.717) is 30.8 Å². The summed E-state index contributed by atoms with van der Waals surface area (Å²) in [6.45, 7) is 2.17. The quantitative estimate of drug-likeness (QED) is 0.203. The molecule has 10 heteroatoms. The highest BCUT2D eigenvalue weighted by molar-refractivity contribution is 6.06. The maximum absolute atomic E-state index is 12.4. The van der Waals surface area contributed by atoms with Crippen LogP contribution >= 0.6 is 0 Å². The first-order valence-electron chi connectivity index (χ1n) is 11.4. The van der Waals surface area contributed by atoms with E-state index < -0.39 is 12.8 Å². The third-order valence-corrected chi connectivity index (χ3v) is 5.37. The Morgan fingerprint density at radius 2 is 2.06 bits per heavy atom. The molecule has 0 unspecified atom stereocenters. The zero-order valence-corrected chi connectivity index (χ0v) is 19.6. The van der Waals surface area contributed by atoms with Gasteiger partial charge in [0.15, 0.2) is 6.61 Å². The lowest BCUT2D eigenvalue weighted by molar-refractivity contribution is -0.154. The Kier molecular flexibility index (Phi) is 10.9.